The van der Waals surface area contributed by atoms with E-state index in [0.29, 0.717) is 16.4 Å². The summed E-state index contributed by atoms with van der Waals surface area (Å²) < 4.78 is 8.90. The average Bonchev–Trinajstić information content (AvgIpc) is 3.04. The minimum atomic E-state index is -0.483. The summed E-state index contributed by atoms with van der Waals surface area (Å²) in [5, 5.41) is 4.60. The van der Waals surface area contributed by atoms with Gasteiger partial charge < -0.3 is 9.30 Å². The second kappa shape index (κ2) is 5.46. The van der Waals surface area contributed by atoms with E-state index in [9.17, 15) is 4.79 Å². The molecule has 114 valence electrons. The molecule has 3 aromatic rings. The van der Waals surface area contributed by atoms with E-state index in [1.807, 2.05) is 23.7 Å². The molecular formula is C15H15ClN4O2. The van der Waals surface area contributed by atoms with Crippen LogP contribution in [-0.2, 0) is 18.8 Å². The Kier molecular flexibility index (Phi) is 3.62. The van der Waals surface area contributed by atoms with Gasteiger partial charge in [0, 0.05) is 25.3 Å². The lowest BCUT2D eigenvalue weighted by Gasteiger charge is -2.12. The van der Waals surface area contributed by atoms with E-state index >= 15 is 0 Å². The van der Waals surface area contributed by atoms with Crippen molar-refractivity contribution < 1.29 is 9.53 Å². The molecule has 3 rings (SSSR count). The van der Waals surface area contributed by atoms with Crippen LogP contribution in [-0.4, -0.2) is 25.3 Å². The molecule has 0 spiro atoms. The van der Waals surface area contributed by atoms with Gasteiger partial charge in [-0.2, -0.15) is 5.10 Å². The second-order valence-electron chi connectivity index (χ2n) is 5.11. The molecule has 0 bridgehead atoms. The Balaban J connectivity index is 1.87. The molecule has 0 N–H and O–H groups in total. The summed E-state index contributed by atoms with van der Waals surface area (Å²) in [6, 6.07) is 5.47. The minimum Gasteiger partial charge on any atom is -0.451 e. The van der Waals surface area contributed by atoms with Crippen LogP contribution in [0.25, 0.3) is 11.0 Å². The van der Waals surface area contributed by atoms with Gasteiger partial charge in [-0.3, -0.25) is 4.68 Å². The van der Waals surface area contributed by atoms with Crippen molar-refractivity contribution in [1.29, 1.82) is 0 Å². The molecule has 0 fully saturated rings. The van der Waals surface area contributed by atoms with Crippen molar-refractivity contribution in [2.24, 2.45) is 14.1 Å². The van der Waals surface area contributed by atoms with E-state index in [-0.39, 0.29) is 0 Å². The largest absolute Gasteiger partial charge is 0.451 e. The molecule has 0 unspecified atom stereocenters. The lowest BCUT2D eigenvalue weighted by atomic mass is 10.3. The molecule has 0 saturated heterocycles. The summed E-state index contributed by atoms with van der Waals surface area (Å²) in [6.07, 6.45) is 2.61. The van der Waals surface area contributed by atoms with Gasteiger partial charge in [-0.25, -0.2) is 9.78 Å². The van der Waals surface area contributed by atoms with Gasteiger partial charge in [-0.1, -0.05) is 11.6 Å². The lowest BCUT2D eigenvalue weighted by Crippen LogP contribution is -2.12. The molecule has 2 heterocycles. The van der Waals surface area contributed by atoms with Crippen LogP contribution >= 0.6 is 11.6 Å². The van der Waals surface area contributed by atoms with Crippen LogP contribution in [0.5, 0.6) is 0 Å². The Morgan fingerprint density at radius 2 is 2.14 bits per heavy atom. The van der Waals surface area contributed by atoms with Gasteiger partial charge in [0.2, 0.25) is 0 Å². The number of aryl methyl sites for hydroxylation is 2. The number of rotatable bonds is 3. The number of carbonyl (C=O) groups excluding carboxylic acids is 1. The molecule has 1 atom stereocenters. The van der Waals surface area contributed by atoms with Gasteiger partial charge in [-0.05, 0) is 25.1 Å². The number of halogens is 1. The number of imidazole rings is 1. The maximum absolute atomic E-state index is 12.1. The molecule has 0 aliphatic heterocycles. The van der Waals surface area contributed by atoms with Crippen molar-refractivity contribution in [3.63, 3.8) is 0 Å². The Labute approximate surface area is 132 Å². The first-order chi connectivity index (χ1) is 10.5. The molecule has 22 heavy (non-hydrogen) atoms. The number of esters is 1. The molecular weight excluding hydrogens is 304 g/mol. The quantitative estimate of drug-likeness (QED) is 0.697. The average molecular weight is 319 g/mol. The van der Waals surface area contributed by atoms with Crippen molar-refractivity contribution >= 4 is 28.6 Å². The predicted molar refractivity (Wildman–Crippen MR) is 82.8 cm³/mol. The fourth-order valence-corrected chi connectivity index (χ4v) is 2.52. The third kappa shape index (κ3) is 2.57. The molecule has 0 radical (unpaired) electrons. The molecule has 0 aliphatic rings. The molecule has 2 aromatic heterocycles. The Morgan fingerprint density at radius 1 is 1.36 bits per heavy atom. The zero-order valence-electron chi connectivity index (χ0n) is 12.4. The van der Waals surface area contributed by atoms with Gasteiger partial charge in [0.05, 0.1) is 22.8 Å². The summed E-state index contributed by atoms with van der Waals surface area (Å²) in [6.45, 7) is 1.79. The zero-order valence-corrected chi connectivity index (χ0v) is 13.2. The second-order valence-corrected chi connectivity index (χ2v) is 5.55. The highest BCUT2D eigenvalue weighted by Crippen LogP contribution is 2.24. The van der Waals surface area contributed by atoms with E-state index in [1.165, 1.54) is 6.20 Å². The number of hydrogen-bond acceptors (Lipinski definition) is 4. The Bertz CT molecular complexity index is 852. The monoisotopic (exact) mass is 318 g/mol. The Hall–Kier alpha value is -2.34. The van der Waals surface area contributed by atoms with Gasteiger partial charge >= 0.3 is 5.97 Å². The number of benzene rings is 1. The van der Waals surface area contributed by atoms with E-state index in [1.54, 1.807) is 30.9 Å². The standard InChI is InChI=1S/C15H15ClN4O2/c1-9(22-15(21)10-7-17-19(2)8-10)14-18-12-5-4-11(16)6-13(12)20(14)3/h4-9H,1-3H3/t9-/m0/s1. The van der Waals surface area contributed by atoms with Gasteiger partial charge in [0.1, 0.15) is 0 Å². The normalized spacial score (nSPS) is 12.5. The number of hydrogen-bond donors (Lipinski definition) is 0. The lowest BCUT2D eigenvalue weighted by molar-refractivity contribution is 0.0315. The van der Waals surface area contributed by atoms with Crippen molar-refractivity contribution in [1.82, 2.24) is 19.3 Å². The highest BCUT2D eigenvalue weighted by molar-refractivity contribution is 6.31. The fraction of sp³-hybridized carbons (Fsp3) is 0.267. The first-order valence-corrected chi connectivity index (χ1v) is 7.15. The molecule has 1 aromatic carbocycles. The van der Waals surface area contributed by atoms with Crippen LogP contribution in [0.4, 0.5) is 0 Å². The van der Waals surface area contributed by atoms with Crippen molar-refractivity contribution in [2.75, 3.05) is 0 Å². The van der Waals surface area contributed by atoms with Crippen LogP contribution in [0, 0.1) is 0 Å². The van der Waals surface area contributed by atoms with Crippen LogP contribution in [0.3, 0.4) is 0 Å². The molecule has 0 saturated carbocycles. The van der Waals surface area contributed by atoms with Crippen molar-refractivity contribution in [2.45, 2.75) is 13.0 Å². The number of fused-ring (bicyclic) bond motifs is 1. The molecule has 7 heteroatoms. The van der Waals surface area contributed by atoms with E-state index in [0.717, 1.165) is 11.0 Å². The third-order valence-corrected chi connectivity index (χ3v) is 3.70. The Morgan fingerprint density at radius 3 is 2.82 bits per heavy atom. The van der Waals surface area contributed by atoms with E-state index in [4.69, 9.17) is 16.3 Å². The topological polar surface area (TPSA) is 61.9 Å². The number of ether oxygens (including phenoxy) is 1. The highest BCUT2D eigenvalue weighted by Gasteiger charge is 2.20. The summed E-state index contributed by atoms with van der Waals surface area (Å²) in [4.78, 5) is 16.6. The smallest absolute Gasteiger partial charge is 0.342 e. The number of carbonyl (C=O) groups is 1. The molecule has 0 amide bonds. The summed E-state index contributed by atoms with van der Waals surface area (Å²) in [5.74, 6) is 0.236. The molecule has 0 aliphatic carbocycles. The summed E-state index contributed by atoms with van der Waals surface area (Å²) >= 11 is 6.01. The SMILES string of the molecule is C[C@H](OC(=O)c1cnn(C)c1)c1nc2ccc(Cl)cc2n1C. The first kappa shape index (κ1) is 14.6. The summed E-state index contributed by atoms with van der Waals surface area (Å²) in [5.41, 5.74) is 2.12. The molecule has 6 nitrogen and oxygen atoms in total. The predicted octanol–water partition coefficient (Wildman–Crippen LogP) is 2.88. The van der Waals surface area contributed by atoms with Gasteiger partial charge in [0.15, 0.2) is 11.9 Å². The number of nitrogens with zero attached hydrogens (tertiary/aromatic N) is 4. The number of aromatic nitrogens is 4. The third-order valence-electron chi connectivity index (χ3n) is 3.47. The minimum absolute atomic E-state index is 0.413. The van der Waals surface area contributed by atoms with Gasteiger partial charge in [-0.15, -0.1) is 0 Å². The van der Waals surface area contributed by atoms with Crippen LogP contribution in [0.1, 0.15) is 29.2 Å². The maximum atomic E-state index is 12.1. The van der Waals surface area contributed by atoms with Crippen LogP contribution in [0.15, 0.2) is 30.6 Å². The highest BCUT2D eigenvalue weighted by atomic mass is 35.5. The van der Waals surface area contributed by atoms with E-state index < -0.39 is 12.1 Å². The fourth-order valence-electron chi connectivity index (χ4n) is 2.35. The van der Waals surface area contributed by atoms with Crippen LogP contribution in [0.2, 0.25) is 5.02 Å². The van der Waals surface area contributed by atoms with Crippen molar-refractivity contribution in [3.8, 4) is 0 Å². The van der Waals surface area contributed by atoms with E-state index in [2.05, 4.69) is 10.1 Å². The summed E-state index contributed by atoms with van der Waals surface area (Å²) in [7, 11) is 3.62. The van der Waals surface area contributed by atoms with Crippen LogP contribution < -0.4 is 0 Å². The van der Waals surface area contributed by atoms with Crippen molar-refractivity contribution in [3.05, 3.63) is 47.0 Å². The maximum Gasteiger partial charge on any atom is 0.342 e. The van der Waals surface area contributed by atoms with Gasteiger partial charge in [0.25, 0.3) is 0 Å². The first-order valence-electron chi connectivity index (χ1n) is 6.77. The zero-order chi connectivity index (χ0) is 15.9.